The number of nitrogens with two attached hydrogens (primary N) is 1. The Balaban J connectivity index is 2.01. The second-order valence-corrected chi connectivity index (χ2v) is 5.00. The highest BCUT2D eigenvalue weighted by Gasteiger charge is 2.10. The van der Waals surface area contributed by atoms with Crippen molar-refractivity contribution in [2.75, 3.05) is 6.61 Å². The number of benzene rings is 1. The van der Waals surface area contributed by atoms with Gasteiger partial charge in [0.05, 0.1) is 6.61 Å². The lowest BCUT2D eigenvalue weighted by Gasteiger charge is -2.08. The number of quaternary nitrogens is 1. The first-order valence-corrected chi connectivity index (χ1v) is 6.89. The van der Waals surface area contributed by atoms with Gasteiger partial charge in [0.2, 0.25) is 0 Å². The van der Waals surface area contributed by atoms with Crippen LogP contribution in [0.25, 0.3) is 11.3 Å². The van der Waals surface area contributed by atoms with E-state index in [0.717, 1.165) is 35.1 Å². The van der Waals surface area contributed by atoms with Gasteiger partial charge in [-0.05, 0) is 42.8 Å². The molecule has 0 fully saturated rings. The first-order valence-electron chi connectivity index (χ1n) is 6.51. The van der Waals surface area contributed by atoms with E-state index in [4.69, 9.17) is 21.1 Å². The average Bonchev–Trinajstić information content (AvgIpc) is 2.89. The molecule has 0 spiro atoms. The third-order valence-corrected chi connectivity index (χ3v) is 3.45. The summed E-state index contributed by atoms with van der Waals surface area (Å²) in [5.74, 6) is 1.76. The lowest BCUT2D eigenvalue weighted by atomic mass is 10.2. The summed E-state index contributed by atoms with van der Waals surface area (Å²) in [6, 6.07) is 11.8. The maximum Gasteiger partial charge on any atom is 0.158 e. The molecular formula is C15H19ClNO2+. The van der Waals surface area contributed by atoms with Gasteiger partial charge in [0.25, 0.3) is 0 Å². The molecule has 19 heavy (non-hydrogen) atoms. The fourth-order valence-electron chi connectivity index (χ4n) is 1.91. The first kappa shape index (κ1) is 14.1. The zero-order valence-electron chi connectivity index (χ0n) is 11.0. The zero-order valence-corrected chi connectivity index (χ0v) is 11.7. The summed E-state index contributed by atoms with van der Waals surface area (Å²) < 4.78 is 5.79. The monoisotopic (exact) mass is 280 g/mol. The minimum absolute atomic E-state index is 0.196. The predicted octanol–water partition coefficient (Wildman–Crippen LogP) is 2.43. The highest BCUT2D eigenvalue weighted by Crippen LogP contribution is 2.23. The summed E-state index contributed by atoms with van der Waals surface area (Å²) in [7, 11) is 0. The molecule has 1 atom stereocenters. The molecular weight excluding hydrogens is 262 g/mol. The van der Waals surface area contributed by atoms with Crippen molar-refractivity contribution < 1.29 is 14.8 Å². The Morgan fingerprint density at radius 2 is 1.95 bits per heavy atom. The van der Waals surface area contributed by atoms with Gasteiger partial charge < -0.3 is 14.8 Å². The van der Waals surface area contributed by atoms with E-state index in [1.807, 2.05) is 36.4 Å². The fraction of sp³-hybridized carbons (Fsp3) is 0.333. The van der Waals surface area contributed by atoms with Crippen LogP contribution in [0.4, 0.5) is 0 Å². The molecule has 0 aliphatic heterocycles. The number of hydrogen-bond donors (Lipinski definition) is 2. The Kier molecular flexibility index (Phi) is 5.02. The quantitative estimate of drug-likeness (QED) is 0.854. The van der Waals surface area contributed by atoms with Gasteiger partial charge in [-0.2, -0.15) is 0 Å². The second kappa shape index (κ2) is 6.75. The molecule has 0 saturated heterocycles. The number of halogens is 1. The summed E-state index contributed by atoms with van der Waals surface area (Å²) >= 11 is 5.86. The molecule has 1 heterocycles. The normalized spacial score (nSPS) is 12.6. The summed E-state index contributed by atoms with van der Waals surface area (Å²) in [5.41, 5.74) is 1.02. The Hall–Kier alpha value is -1.29. The van der Waals surface area contributed by atoms with Gasteiger partial charge >= 0.3 is 0 Å². The maximum absolute atomic E-state index is 9.14. The van der Waals surface area contributed by atoms with Gasteiger partial charge in [-0.25, -0.2) is 0 Å². The van der Waals surface area contributed by atoms with Gasteiger partial charge in [-0.15, -0.1) is 0 Å². The SMILES string of the molecule is CC[C@@H](CO)[NH2+]Cc1ccc(-c2ccc(Cl)cc2)o1. The zero-order chi connectivity index (χ0) is 13.7. The second-order valence-electron chi connectivity index (χ2n) is 4.56. The third kappa shape index (κ3) is 3.83. The summed E-state index contributed by atoms with van der Waals surface area (Å²) in [6.07, 6.45) is 0.946. The first-order chi connectivity index (χ1) is 9.22. The average molecular weight is 281 g/mol. The third-order valence-electron chi connectivity index (χ3n) is 3.20. The van der Waals surface area contributed by atoms with Crippen molar-refractivity contribution in [2.24, 2.45) is 0 Å². The molecule has 3 nitrogen and oxygen atoms in total. The molecule has 102 valence electrons. The highest BCUT2D eigenvalue weighted by molar-refractivity contribution is 6.30. The molecule has 2 rings (SSSR count). The molecule has 0 aliphatic carbocycles. The van der Waals surface area contributed by atoms with Crippen LogP contribution < -0.4 is 5.32 Å². The highest BCUT2D eigenvalue weighted by atomic mass is 35.5. The molecule has 1 aromatic heterocycles. The molecule has 0 saturated carbocycles. The summed E-state index contributed by atoms with van der Waals surface area (Å²) in [6.45, 7) is 3.01. The van der Waals surface area contributed by atoms with Crippen molar-refractivity contribution in [3.63, 3.8) is 0 Å². The van der Waals surface area contributed by atoms with Gasteiger partial charge in [0.1, 0.15) is 18.3 Å². The molecule has 2 aromatic rings. The molecule has 0 aliphatic rings. The minimum Gasteiger partial charge on any atom is -0.455 e. The fourth-order valence-corrected chi connectivity index (χ4v) is 2.04. The Morgan fingerprint density at radius 1 is 1.21 bits per heavy atom. The Bertz CT molecular complexity index is 503. The van der Waals surface area contributed by atoms with Gasteiger partial charge in [0.15, 0.2) is 5.76 Å². The molecule has 0 amide bonds. The Labute approximate surface area is 118 Å². The van der Waals surface area contributed by atoms with E-state index >= 15 is 0 Å². The molecule has 0 bridgehead atoms. The van der Waals surface area contributed by atoms with E-state index in [-0.39, 0.29) is 12.6 Å². The van der Waals surface area contributed by atoms with E-state index < -0.39 is 0 Å². The van der Waals surface area contributed by atoms with Crippen LogP contribution in [0.1, 0.15) is 19.1 Å². The van der Waals surface area contributed by atoms with E-state index in [1.165, 1.54) is 0 Å². The van der Waals surface area contributed by atoms with E-state index in [1.54, 1.807) is 0 Å². The number of furan rings is 1. The van der Waals surface area contributed by atoms with Crippen molar-refractivity contribution in [2.45, 2.75) is 25.9 Å². The van der Waals surface area contributed by atoms with Crippen molar-refractivity contribution in [1.82, 2.24) is 0 Å². The maximum atomic E-state index is 9.14. The smallest absolute Gasteiger partial charge is 0.158 e. The summed E-state index contributed by atoms with van der Waals surface area (Å²) in [4.78, 5) is 0. The van der Waals surface area contributed by atoms with Crippen LogP contribution in [0.2, 0.25) is 5.02 Å². The molecule has 1 aromatic carbocycles. The van der Waals surface area contributed by atoms with Gasteiger partial charge in [-0.1, -0.05) is 18.5 Å². The lowest BCUT2D eigenvalue weighted by molar-refractivity contribution is -0.707. The summed E-state index contributed by atoms with van der Waals surface area (Å²) in [5, 5.41) is 12.0. The number of rotatable bonds is 6. The van der Waals surface area contributed by atoms with Crippen LogP contribution in [0.3, 0.4) is 0 Å². The van der Waals surface area contributed by atoms with Crippen molar-refractivity contribution in [3.05, 3.63) is 47.2 Å². The largest absolute Gasteiger partial charge is 0.455 e. The molecule has 0 unspecified atom stereocenters. The van der Waals surface area contributed by atoms with Crippen LogP contribution >= 0.6 is 11.6 Å². The van der Waals surface area contributed by atoms with Crippen LogP contribution in [0.15, 0.2) is 40.8 Å². The van der Waals surface area contributed by atoms with Crippen molar-refractivity contribution >= 4 is 11.6 Å². The van der Waals surface area contributed by atoms with Crippen LogP contribution in [0.5, 0.6) is 0 Å². The molecule has 3 N–H and O–H groups in total. The number of aliphatic hydroxyl groups is 1. The van der Waals surface area contributed by atoms with E-state index in [9.17, 15) is 0 Å². The van der Waals surface area contributed by atoms with Crippen molar-refractivity contribution in [1.29, 1.82) is 0 Å². The van der Waals surface area contributed by atoms with Crippen molar-refractivity contribution in [3.8, 4) is 11.3 Å². The minimum atomic E-state index is 0.196. The van der Waals surface area contributed by atoms with Gasteiger partial charge in [-0.3, -0.25) is 0 Å². The topological polar surface area (TPSA) is 50.0 Å². The van der Waals surface area contributed by atoms with E-state index in [2.05, 4.69) is 12.2 Å². The number of hydrogen-bond acceptors (Lipinski definition) is 2. The van der Waals surface area contributed by atoms with Gasteiger partial charge in [0, 0.05) is 10.6 Å². The van der Waals surface area contributed by atoms with Crippen LogP contribution in [-0.4, -0.2) is 17.8 Å². The van der Waals surface area contributed by atoms with E-state index in [0.29, 0.717) is 0 Å². The standard InChI is InChI=1S/C15H18ClNO2/c1-2-13(10-18)17-9-14-7-8-15(19-14)11-3-5-12(16)6-4-11/h3-8,13,17-18H,2,9-10H2,1H3/p+1/t13-/m0/s1. The lowest BCUT2D eigenvalue weighted by Crippen LogP contribution is -2.89. The van der Waals surface area contributed by atoms with Crippen LogP contribution in [-0.2, 0) is 6.54 Å². The molecule has 4 heteroatoms. The predicted molar refractivity (Wildman–Crippen MR) is 75.9 cm³/mol. The Morgan fingerprint density at radius 3 is 2.58 bits per heavy atom. The number of aliphatic hydroxyl groups excluding tert-OH is 1. The molecule has 0 radical (unpaired) electrons. The van der Waals surface area contributed by atoms with Crippen LogP contribution in [0, 0.1) is 0 Å².